The van der Waals surface area contributed by atoms with E-state index in [0.717, 1.165) is 34.3 Å². The van der Waals surface area contributed by atoms with E-state index in [1.807, 2.05) is 13.0 Å². The molecule has 2 aliphatic rings. The summed E-state index contributed by atoms with van der Waals surface area (Å²) in [6.07, 6.45) is 29.0. The lowest BCUT2D eigenvalue weighted by atomic mass is 9.67. The summed E-state index contributed by atoms with van der Waals surface area (Å²) < 4.78 is 0. The molecule has 3 nitrogen and oxygen atoms in total. The van der Waals surface area contributed by atoms with E-state index >= 15 is 0 Å². The Bertz CT molecular complexity index is 1250. The molecule has 4 unspecified atom stereocenters. The molecule has 3 heteroatoms. The van der Waals surface area contributed by atoms with Crippen LogP contribution in [0.1, 0.15) is 89.0 Å². The average Bonchev–Trinajstić information content (AvgIpc) is 2.92. The number of aliphatic hydroxyl groups is 3. The summed E-state index contributed by atoms with van der Waals surface area (Å²) in [5, 5.41) is 30.9. The molecule has 0 saturated carbocycles. The molecular formula is C41H58O3. The highest BCUT2D eigenvalue weighted by molar-refractivity contribution is 5.41. The Hall–Kier alpha value is -2.98. The molecule has 2 aliphatic carbocycles. The zero-order chi connectivity index (χ0) is 33.2. The number of rotatable bonds is 10. The van der Waals surface area contributed by atoms with Crippen molar-refractivity contribution in [1.29, 1.82) is 0 Å². The highest BCUT2D eigenvalue weighted by atomic mass is 16.3. The fourth-order valence-corrected chi connectivity index (χ4v) is 6.36. The van der Waals surface area contributed by atoms with Crippen LogP contribution in [0.15, 0.2) is 130 Å². The van der Waals surface area contributed by atoms with E-state index in [2.05, 4.69) is 148 Å². The van der Waals surface area contributed by atoms with Crippen LogP contribution >= 0.6 is 0 Å². The summed E-state index contributed by atoms with van der Waals surface area (Å²) in [6.45, 7) is 23.2. The summed E-state index contributed by atoms with van der Waals surface area (Å²) in [5.74, 6) is 0.290. The van der Waals surface area contributed by atoms with E-state index in [9.17, 15) is 15.3 Å². The van der Waals surface area contributed by atoms with Gasteiger partial charge in [0.2, 0.25) is 0 Å². The lowest BCUT2D eigenvalue weighted by Gasteiger charge is -2.39. The van der Waals surface area contributed by atoms with Crippen molar-refractivity contribution in [2.24, 2.45) is 16.7 Å². The summed E-state index contributed by atoms with van der Waals surface area (Å²) in [6, 6.07) is 0. The second-order valence-corrected chi connectivity index (χ2v) is 14.2. The number of hydrogen-bond acceptors (Lipinski definition) is 3. The topological polar surface area (TPSA) is 60.7 Å². The van der Waals surface area contributed by atoms with Gasteiger partial charge in [-0.05, 0) is 93.4 Å². The summed E-state index contributed by atoms with van der Waals surface area (Å²) in [4.78, 5) is 0. The Balaban J connectivity index is 1.94. The summed E-state index contributed by atoms with van der Waals surface area (Å²) in [7, 11) is 0. The molecule has 4 atom stereocenters. The van der Waals surface area contributed by atoms with Crippen molar-refractivity contribution in [3.8, 4) is 0 Å². The second kappa shape index (κ2) is 16.4. The molecule has 0 radical (unpaired) electrons. The molecule has 0 aromatic heterocycles. The van der Waals surface area contributed by atoms with Gasteiger partial charge in [-0.1, -0.05) is 142 Å². The molecule has 0 amide bonds. The Morgan fingerprint density at radius 2 is 0.932 bits per heavy atom. The molecular weight excluding hydrogens is 540 g/mol. The van der Waals surface area contributed by atoms with Crippen molar-refractivity contribution in [2.45, 2.75) is 107 Å². The molecule has 0 spiro atoms. The minimum atomic E-state index is -0.793. The van der Waals surface area contributed by atoms with Crippen LogP contribution in [-0.4, -0.2) is 33.6 Å². The van der Waals surface area contributed by atoms with Crippen molar-refractivity contribution in [1.82, 2.24) is 0 Å². The Kier molecular flexibility index (Phi) is 13.8. The van der Waals surface area contributed by atoms with E-state index in [1.165, 1.54) is 16.7 Å². The summed E-state index contributed by atoms with van der Waals surface area (Å²) >= 11 is 0. The third kappa shape index (κ3) is 10.9. The van der Waals surface area contributed by atoms with Crippen LogP contribution in [0.3, 0.4) is 0 Å². The average molecular weight is 599 g/mol. The maximum atomic E-state index is 10.5. The first-order valence-electron chi connectivity index (χ1n) is 16.0. The predicted octanol–water partition coefficient (Wildman–Crippen LogP) is 9.76. The molecule has 3 N–H and O–H groups in total. The predicted molar refractivity (Wildman–Crippen MR) is 190 cm³/mol. The van der Waals surface area contributed by atoms with Crippen molar-refractivity contribution in [2.75, 3.05) is 0 Å². The van der Waals surface area contributed by atoms with E-state index in [1.54, 1.807) is 0 Å². The van der Waals surface area contributed by atoms with Crippen LogP contribution in [0.4, 0.5) is 0 Å². The van der Waals surface area contributed by atoms with Gasteiger partial charge in [-0.2, -0.15) is 0 Å². The van der Waals surface area contributed by atoms with Crippen molar-refractivity contribution in [3.63, 3.8) is 0 Å². The van der Waals surface area contributed by atoms with Gasteiger partial charge in [0.05, 0.1) is 12.2 Å². The van der Waals surface area contributed by atoms with Gasteiger partial charge in [0, 0.05) is 0 Å². The normalized spacial score (nSPS) is 27.9. The smallest absolute Gasteiger partial charge is 0.101 e. The molecule has 0 aliphatic heterocycles. The van der Waals surface area contributed by atoms with E-state index in [0.29, 0.717) is 6.42 Å². The first-order chi connectivity index (χ1) is 20.5. The van der Waals surface area contributed by atoms with Crippen molar-refractivity contribution < 1.29 is 15.3 Å². The Labute approximate surface area is 268 Å². The fourth-order valence-electron chi connectivity index (χ4n) is 6.36. The van der Waals surface area contributed by atoms with E-state index in [-0.39, 0.29) is 22.9 Å². The van der Waals surface area contributed by atoms with Gasteiger partial charge in [-0.3, -0.25) is 0 Å². The fraction of sp³-hybridized carbons (Fsp3) is 0.463. The highest BCUT2D eigenvalue weighted by Gasteiger charge is 2.37. The van der Waals surface area contributed by atoms with Gasteiger partial charge in [0.15, 0.2) is 0 Å². The largest absolute Gasteiger partial charge is 0.390 e. The zero-order valence-corrected chi connectivity index (χ0v) is 29.1. The van der Waals surface area contributed by atoms with Crippen LogP contribution in [0.25, 0.3) is 0 Å². The molecule has 2 rings (SSSR count). The van der Waals surface area contributed by atoms with Gasteiger partial charge in [0.1, 0.15) is 6.10 Å². The monoisotopic (exact) mass is 598 g/mol. The van der Waals surface area contributed by atoms with Crippen LogP contribution in [0, 0.1) is 16.7 Å². The van der Waals surface area contributed by atoms with E-state index in [4.69, 9.17) is 0 Å². The standard InChI is InChI=1S/C41H58O3/c1-28(18-14-20-30(3)22-24-35-33(6)38(43)32(5)26-40(35,8)9)16-12-13-17-29(2)19-15-21-31(4)23-25-36-34(7)39(44)37(42)27-41(36,10)11/h12-25,32,37-39,42-44H,26-27H2,1-11H3/b13-12+,18-14+,19-15+,24-22+,25-23+,28-16+,29-17+,30-20+,31-21+. The maximum absolute atomic E-state index is 10.5. The SMILES string of the molecule is CC1=C(/C=C/C(C)=C/C=C/C(C)=C/C=C/C=C(C)/C=C/C=C(C)/C=C/C2=C(C)C(O)C(O)CC2(C)C)C(C)(C)CC(C)C1O. The van der Waals surface area contributed by atoms with Gasteiger partial charge in [0.25, 0.3) is 0 Å². The quantitative estimate of drug-likeness (QED) is 0.219. The first kappa shape index (κ1) is 37.2. The molecule has 0 fully saturated rings. The first-order valence-corrected chi connectivity index (χ1v) is 16.0. The van der Waals surface area contributed by atoms with Gasteiger partial charge in [-0.25, -0.2) is 0 Å². The highest BCUT2D eigenvalue weighted by Crippen LogP contribution is 2.44. The van der Waals surface area contributed by atoms with E-state index < -0.39 is 12.2 Å². The minimum Gasteiger partial charge on any atom is -0.390 e. The molecule has 44 heavy (non-hydrogen) atoms. The van der Waals surface area contributed by atoms with Crippen molar-refractivity contribution in [3.05, 3.63) is 130 Å². The zero-order valence-electron chi connectivity index (χ0n) is 29.1. The lowest BCUT2D eigenvalue weighted by Crippen LogP contribution is -2.38. The second-order valence-electron chi connectivity index (χ2n) is 14.2. The third-order valence-electron chi connectivity index (χ3n) is 8.94. The van der Waals surface area contributed by atoms with Gasteiger partial charge >= 0.3 is 0 Å². The maximum Gasteiger partial charge on any atom is 0.101 e. The number of hydrogen-bond donors (Lipinski definition) is 3. The molecule has 0 heterocycles. The molecule has 0 aromatic carbocycles. The number of aliphatic hydroxyl groups excluding tert-OH is 3. The van der Waals surface area contributed by atoms with Gasteiger partial charge in [-0.15, -0.1) is 0 Å². The van der Waals surface area contributed by atoms with Crippen LogP contribution in [0.5, 0.6) is 0 Å². The molecule has 240 valence electrons. The minimum absolute atomic E-state index is 0.0680. The Morgan fingerprint density at radius 1 is 0.568 bits per heavy atom. The van der Waals surface area contributed by atoms with Crippen LogP contribution < -0.4 is 0 Å². The van der Waals surface area contributed by atoms with Crippen LogP contribution in [-0.2, 0) is 0 Å². The lowest BCUT2D eigenvalue weighted by molar-refractivity contribution is 0.00686. The van der Waals surface area contributed by atoms with Crippen molar-refractivity contribution >= 4 is 0 Å². The van der Waals surface area contributed by atoms with Gasteiger partial charge < -0.3 is 15.3 Å². The third-order valence-corrected chi connectivity index (χ3v) is 8.94. The molecule has 0 bridgehead atoms. The summed E-state index contributed by atoms with van der Waals surface area (Å²) in [5.41, 5.74) is 8.78. The molecule has 0 aromatic rings. The van der Waals surface area contributed by atoms with Crippen LogP contribution in [0.2, 0.25) is 0 Å². The Morgan fingerprint density at radius 3 is 1.39 bits per heavy atom. The number of allylic oxidation sites excluding steroid dienone is 20. The molecule has 0 saturated heterocycles.